The number of hydrogen-bond donors (Lipinski definition) is 1. The van der Waals surface area contributed by atoms with E-state index < -0.39 is 11.6 Å². The van der Waals surface area contributed by atoms with Gasteiger partial charge in [-0.15, -0.1) is 0 Å². The second kappa shape index (κ2) is 5.19. The lowest BCUT2D eigenvalue weighted by Crippen LogP contribution is -2.52. The van der Waals surface area contributed by atoms with Gasteiger partial charge >= 0.3 is 0 Å². The number of benzene rings is 1. The van der Waals surface area contributed by atoms with Crippen LogP contribution in [0.5, 0.6) is 11.5 Å². The molecular formula is C14H16N2O3. The van der Waals surface area contributed by atoms with Crippen molar-refractivity contribution in [3.63, 3.8) is 0 Å². The van der Waals surface area contributed by atoms with Gasteiger partial charge < -0.3 is 14.8 Å². The van der Waals surface area contributed by atoms with Crippen LogP contribution in [0.4, 0.5) is 0 Å². The Bertz CT molecular complexity index is 524. The third kappa shape index (κ3) is 2.79. The summed E-state index contributed by atoms with van der Waals surface area (Å²) in [7, 11) is 0. The first-order chi connectivity index (χ1) is 9.08. The van der Waals surface area contributed by atoms with E-state index in [0.717, 1.165) is 0 Å². The van der Waals surface area contributed by atoms with Gasteiger partial charge in [0.05, 0.1) is 6.07 Å². The zero-order chi connectivity index (χ0) is 13.9. The molecule has 1 aliphatic rings. The molecule has 1 N–H and O–H groups in total. The molecule has 2 rings (SSSR count). The van der Waals surface area contributed by atoms with E-state index in [9.17, 15) is 4.79 Å². The Kier molecular flexibility index (Phi) is 3.61. The maximum atomic E-state index is 12.1. The lowest BCUT2D eigenvalue weighted by atomic mass is 10.0. The van der Waals surface area contributed by atoms with Crippen LogP contribution in [0.15, 0.2) is 24.3 Å². The number of rotatable bonds is 3. The number of nitrogens with one attached hydrogen (secondary N) is 1. The fourth-order valence-electron chi connectivity index (χ4n) is 1.70. The molecule has 1 amide bonds. The van der Waals surface area contributed by atoms with E-state index in [1.54, 1.807) is 19.1 Å². The number of hydrogen-bond acceptors (Lipinski definition) is 4. The molecule has 5 nitrogen and oxygen atoms in total. The summed E-state index contributed by atoms with van der Waals surface area (Å²) in [4.78, 5) is 12.1. The highest BCUT2D eigenvalue weighted by Crippen LogP contribution is 2.31. The van der Waals surface area contributed by atoms with Crippen molar-refractivity contribution >= 4 is 5.91 Å². The van der Waals surface area contributed by atoms with E-state index in [0.29, 0.717) is 17.9 Å². The smallest absolute Gasteiger partial charge is 0.265 e. The fraction of sp³-hybridized carbons (Fsp3) is 0.429. The molecule has 19 heavy (non-hydrogen) atoms. The highest BCUT2D eigenvalue weighted by molar-refractivity contribution is 5.82. The van der Waals surface area contributed by atoms with Crippen LogP contribution in [0.3, 0.4) is 0 Å². The number of fused-ring (bicyclic) bond motifs is 1. The second-order valence-electron chi connectivity index (χ2n) is 4.65. The van der Waals surface area contributed by atoms with Crippen LogP contribution >= 0.6 is 0 Å². The summed E-state index contributed by atoms with van der Waals surface area (Å²) in [5.41, 5.74) is -0.878. The minimum Gasteiger partial charge on any atom is -0.485 e. The molecule has 5 heteroatoms. The van der Waals surface area contributed by atoms with Crippen LogP contribution in [0, 0.1) is 11.3 Å². The van der Waals surface area contributed by atoms with Crippen molar-refractivity contribution in [2.45, 2.75) is 31.9 Å². The van der Waals surface area contributed by atoms with Gasteiger partial charge in [0, 0.05) is 0 Å². The van der Waals surface area contributed by atoms with Crippen molar-refractivity contribution in [1.29, 1.82) is 5.26 Å². The fourth-order valence-corrected chi connectivity index (χ4v) is 1.70. The zero-order valence-electron chi connectivity index (χ0n) is 11.0. The molecule has 0 saturated heterocycles. The second-order valence-corrected chi connectivity index (χ2v) is 4.65. The van der Waals surface area contributed by atoms with Crippen molar-refractivity contribution in [2.24, 2.45) is 0 Å². The maximum Gasteiger partial charge on any atom is 0.265 e. The monoisotopic (exact) mass is 260 g/mol. The molecule has 0 saturated carbocycles. The number of nitrogens with zero attached hydrogens (tertiary/aromatic N) is 1. The lowest BCUT2D eigenvalue weighted by Gasteiger charge is -2.28. The molecule has 1 aromatic carbocycles. The summed E-state index contributed by atoms with van der Waals surface area (Å²) in [5, 5.41) is 11.7. The van der Waals surface area contributed by atoms with Crippen molar-refractivity contribution in [2.75, 3.05) is 6.61 Å². The molecule has 1 heterocycles. The van der Waals surface area contributed by atoms with Gasteiger partial charge in [0.2, 0.25) is 6.10 Å². The Morgan fingerprint density at radius 3 is 2.84 bits per heavy atom. The van der Waals surface area contributed by atoms with E-state index in [-0.39, 0.29) is 12.5 Å². The summed E-state index contributed by atoms with van der Waals surface area (Å²) < 4.78 is 11.1. The van der Waals surface area contributed by atoms with Crippen LogP contribution in [0.25, 0.3) is 0 Å². The van der Waals surface area contributed by atoms with Gasteiger partial charge in [-0.1, -0.05) is 19.1 Å². The number of carbonyl (C=O) groups excluding carboxylic acids is 1. The predicted molar refractivity (Wildman–Crippen MR) is 68.8 cm³/mol. The molecule has 2 atom stereocenters. The van der Waals surface area contributed by atoms with Crippen LogP contribution in [-0.2, 0) is 4.79 Å². The van der Waals surface area contributed by atoms with Crippen LogP contribution in [0.1, 0.15) is 20.3 Å². The minimum absolute atomic E-state index is 0.147. The quantitative estimate of drug-likeness (QED) is 0.896. The molecule has 100 valence electrons. The van der Waals surface area contributed by atoms with Crippen molar-refractivity contribution < 1.29 is 14.3 Å². The van der Waals surface area contributed by atoms with Gasteiger partial charge in [-0.3, -0.25) is 4.79 Å². The molecule has 0 fully saturated rings. The average molecular weight is 260 g/mol. The van der Waals surface area contributed by atoms with Gasteiger partial charge in [0.1, 0.15) is 12.1 Å². The van der Waals surface area contributed by atoms with Gasteiger partial charge in [0.15, 0.2) is 11.5 Å². The van der Waals surface area contributed by atoms with Crippen LogP contribution in [-0.4, -0.2) is 24.2 Å². The topological polar surface area (TPSA) is 71.4 Å². The third-order valence-electron chi connectivity index (χ3n) is 3.15. The molecule has 1 aromatic rings. The first-order valence-corrected chi connectivity index (χ1v) is 6.20. The number of carbonyl (C=O) groups is 1. The predicted octanol–water partition coefficient (Wildman–Crippen LogP) is 1.63. The molecule has 0 bridgehead atoms. The number of nitriles is 1. The Labute approximate surface area is 112 Å². The number of amides is 1. The van der Waals surface area contributed by atoms with E-state index in [4.69, 9.17) is 14.7 Å². The Hall–Kier alpha value is -2.22. The summed E-state index contributed by atoms with van der Waals surface area (Å²) in [5.74, 6) is 0.842. The molecular weight excluding hydrogens is 244 g/mol. The van der Waals surface area contributed by atoms with E-state index in [1.165, 1.54) is 0 Å². The average Bonchev–Trinajstić information content (AvgIpc) is 2.46. The highest BCUT2D eigenvalue weighted by Gasteiger charge is 2.32. The Morgan fingerprint density at radius 1 is 1.53 bits per heavy atom. The Morgan fingerprint density at radius 2 is 2.21 bits per heavy atom. The molecule has 0 aliphatic carbocycles. The van der Waals surface area contributed by atoms with Crippen LogP contribution in [0.2, 0.25) is 0 Å². The van der Waals surface area contributed by atoms with Crippen LogP contribution < -0.4 is 14.8 Å². The zero-order valence-corrected chi connectivity index (χ0v) is 11.0. The summed E-state index contributed by atoms with van der Waals surface area (Å²) in [6.45, 7) is 3.67. The van der Waals surface area contributed by atoms with Gasteiger partial charge in [-0.05, 0) is 25.5 Å². The van der Waals surface area contributed by atoms with E-state index in [2.05, 4.69) is 11.4 Å². The Balaban J connectivity index is 2.06. The minimum atomic E-state index is -0.878. The maximum absolute atomic E-state index is 12.1. The number of para-hydroxylation sites is 2. The molecule has 2 unspecified atom stereocenters. The van der Waals surface area contributed by atoms with Gasteiger partial charge in [-0.25, -0.2) is 0 Å². The summed E-state index contributed by atoms with van der Waals surface area (Å²) in [6, 6.07) is 9.28. The lowest BCUT2D eigenvalue weighted by molar-refractivity contribution is -0.131. The largest absolute Gasteiger partial charge is 0.485 e. The SMILES string of the molecule is CCC(C)(C#N)NC(=O)C1COc2ccccc2O1. The van der Waals surface area contributed by atoms with Gasteiger partial charge in [-0.2, -0.15) is 5.26 Å². The van der Waals surface area contributed by atoms with E-state index in [1.807, 2.05) is 19.1 Å². The molecule has 0 radical (unpaired) electrons. The third-order valence-corrected chi connectivity index (χ3v) is 3.15. The molecule has 0 aromatic heterocycles. The highest BCUT2D eigenvalue weighted by atomic mass is 16.6. The van der Waals surface area contributed by atoms with Gasteiger partial charge in [0.25, 0.3) is 5.91 Å². The standard InChI is InChI=1S/C14H16N2O3/c1-3-14(2,9-15)16-13(17)12-8-18-10-6-4-5-7-11(10)19-12/h4-7,12H,3,8H2,1-2H3,(H,16,17). The van der Waals surface area contributed by atoms with E-state index >= 15 is 0 Å². The first kappa shape index (κ1) is 13.2. The summed E-state index contributed by atoms with van der Waals surface area (Å²) in [6.07, 6.45) is -0.200. The van der Waals surface area contributed by atoms with Crippen molar-refractivity contribution in [3.8, 4) is 17.6 Å². The number of ether oxygens (including phenoxy) is 2. The van der Waals surface area contributed by atoms with Crippen molar-refractivity contribution in [1.82, 2.24) is 5.32 Å². The molecule has 1 aliphatic heterocycles. The molecule has 0 spiro atoms. The normalized spacial score (nSPS) is 19.9. The van der Waals surface area contributed by atoms with Crippen molar-refractivity contribution in [3.05, 3.63) is 24.3 Å². The first-order valence-electron chi connectivity index (χ1n) is 6.20. The summed E-state index contributed by atoms with van der Waals surface area (Å²) >= 11 is 0.